The molecule has 7 nitrogen and oxygen atoms in total. The van der Waals surface area contributed by atoms with Gasteiger partial charge in [-0.05, 0) is 37.1 Å². The van der Waals surface area contributed by atoms with E-state index in [9.17, 15) is 14.0 Å². The largest absolute Gasteiger partial charge is 0.352 e. The highest BCUT2D eigenvalue weighted by atomic mass is 19.1. The van der Waals surface area contributed by atoms with Crippen molar-refractivity contribution >= 4 is 11.8 Å². The van der Waals surface area contributed by atoms with Gasteiger partial charge in [0.05, 0.1) is 19.1 Å². The fourth-order valence-electron chi connectivity index (χ4n) is 3.24. The van der Waals surface area contributed by atoms with Gasteiger partial charge in [0, 0.05) is 37.9 Å². The lowest BCUT2D eigenvalue weighted by molar-refractivity contribution is -0.122. The summed E-state index contributed by atoms with van der Waals surface area (Å²) in [5.74, 6) is -0.376. The topological polar surface area (TPSA) is 70.5 Å². The number of nitrogens with one attached hydrogen (secondary N) is 1. The maximum Gasteiger partial charge on any atom is 0.272 e. The van der Waals surface area contributed by atoms with E-state index in [4.69, 9.17) is 0 Å². The van der Waals surface area contributed by atoms with Crippen LogP contribution < -0.4 is 5.32 Å². The number of hydrogen-bond acceptors (Lipinski definition) is 4. The minimum absolute atomic E-state index is 0.0617. The van der Waals surface area contributed by atoms with Crippen molar-refractivity contribution in [2.45, 2.75) is 18.9 Å². The van der Waals surface area contributed by atoms with Gasteiger partial charge in [0.15, 0.2) is 0 Å². The second-order valence-electron chi connectivity index (χ2n) is 7.04. The van der Waals surface area contributed by atoms with Crippen LogP contribution in [0.25, 0.3) is 5.69 Å². The van der Waals surface area contributed by atoms with E-state index in [0.717, 1.165) is 12.8 Å². The van der Waals surface area contributed by atoms with E-state index in [2.05, 4.69) is 15.2 Å². The van der Waals surface area contributed by atoms with Crippen LogP contribution in [0.4, 0.5) is 4.39 Å². The average molecular weight is 371 g/mol. The maximum atomic E-state index is 13.1. The zero-order valence-electron chi connectivity index (χ0n) is 15.0. The molecular weight excluding hydrogens is 349 g/mol. The summed E-state index contributed by atoms with van der Waals surface area (Å²) in [5, 5.41) is 2.99. The standard InChI is InChI=1S/C19H22FN5O2/c20-14-1-5-16(6-2-14)25-13-21-11-17(25)19(27)24-9-7-23(8-10-24)12-18(26)22-15-3-4-15/h1-2,5-6,11,13,15H,3-4,7-10,12H2,(H,22,26). The fraction of sp³-hybridized carbons (Fsp3) is 0.421. The molecule has 8 heteroatoms. The second-order valence-corrected chi connectivity index (χ2v) is 7.04. The minimum atomic E-state index is -0.325. The zero-order chi connectivity index (χ0) is 18.8. The Kier molecular flexibility index (Phi) is 4.89. The van der Waals surface area contributed by atoms with Crippen LogP contribution in [-0.2, 0) is 4.79 Å². The molecular formula is C19H22FN5O2. The number of benzene rings is 1. The quantitative estimate of drug-likeness (QED) is 0.853. The molecule has 2 aromatic rings. The van der Waals surface area contributed by atoms with E-state index in [1.54, 1.807) is 27.9 Å². The molecule has 1 aromatic heterocycles. The molecule has 2 heterocycles. The molecule has 4 rings (SSSR count). The highest BCUT2D eigenvalue weighted by Crippen LogP contribution is 2.18. The summed E-state index contributed by atoms with van der Waals surface area (Å²) in [6.45, 7) is 2.82. The van der Waals surface area contributed by atoms with Gasteiger partial charge < -0.3 is 10.2 Å². The minimum Gasteiger partial charge on any atom is -0.352 e. The van der Waals surface area contributed by atoms with Gasteiger partial charge in [-0.1, -0.05) is 0 Å². The Morgan fingerprint density at radius 1 is 1.11 bits per heavy atom. The molecule has 0 atom stereocenters. The van der Waals surface area contributed by atoms with Crippen LogP contribution in [0.1, 0.15) is 23.3 Å². The molecule has 2 amide bonds. The highest BCUT2D eigenvalue weighted by Gasteiger charge is 2.27. The van der Waals surface area contributed by atoms with Gasteiger partial charge in [-0.3, -0.25) is 19.1 Å². The number of halogens is 1. The van der Waals surface area contributed by atoms with Gasteiger partial charge in [-0.15, -0.1) is 0 Å². The molecule has 0 radical (unpaired) electrons. The summed E-state index contributed by atoms with van der Waals surface area (Å²) >= 11 is 0. The lowest BCUT2D eigenvalue weighted by Gasteiger charge is -2.34. The summed E-state index contributed by atoms with van der Waals surface area (Å²) in [6, 6.07) is 6.31. The van der Waals surface area contributed by atoms with Crippen molar-refractivity contribution in [3.63, 3.8) is 0 Å². The molecule has 2 aliphatic rings. The lowest BCUT2D eigenvalue weighted by atomic mass is 10.2. The van der Waals surface area contributed by atoms with Gasteiger partial charge in [0.2, 0.25) is 5.91 Å². The first-order chi connectivity index (χ1) is 13.1. The third kappa shape index (κ3) is 4.16. The predicted octanol–water partition coefficient (Wildman–Crippen LogP) is 1.05. The van der Waals surface area contributed by atoms with Crippen LogP contribution in [0.15, 0.2) is 36.8 Å². The van der Waals surface area contributed by atoms with Crippen molar-refractivity contribution in [1.29, 1.82) is 0 Å². The van der Waals surface area contributed by atoms with E-state index < -0.39 is 0 Å². The number of imidazole rings is 1. The molecule has 1 saturated carbocycles. The molecule has 1 saturated heterocycles. The third-order valence-corrected chi connectivity index (χ3v) is 4.93. The molecule has 0 spiro atoms. The predicted molar refractivity (Wildman–Crippen MR) is 97.0 cm³/mol. The molecule has 0 unspecified atom stereocenters. The van der Waals surface area contributed by atoms with Crippen molar-refractivity contribution in [2.24, 2.45) is 0 Å². The van der Waals surface area contributed by atoms with Crippen molar-refractivity contribution in [1.82, 2.24) is 24.7 Å². The number of rotatable bonds is 5. The van der Waals surface area contributed by atoms with E-state index in [-0.39, 0.29) is 17.6 Å². The summed E-state index contributed by atoms with van der Waals surface area (Å²) < 4.78 is 14.8. The Morgan fingerprint density at radius 2 is 1.81 bits per heavy atom. The average Bonchev–Trinajstić information content (AvgIpc) is 3.34. The maximum absolute atomic E-state index is 13.1. The Bertz CT molecular complexity index is 823. The van der Waals surface area contributed by atoms with Crippen LogP contribution in [0, 0.1) is 5.82 Å². The summed E-state index contributed by atoms with van der Waals surface area (Å²) in [4.78, 5) is 32.7. The number of piperazine rings is 1. The van der Waals surface area contributed by atoms with Crippen LogP contribution >= 0.6 is 0 Å². The van der Waals surface area contributed by atoms with Crippen LogP contribution in [-0.4, -0.2) is 69.9 Å². The van der Waals surface area contributed by atoms with E-state index in [0.29, 0.717) is 50.1 Å². The van der Waals surface area contributed by atoms with Gasteiger partial charge in [-0.2, -0.15) is 0 Å². The van der Waals surface area contributed by atoms with E-state index >= 15 is 0 Å². The molecule has 142 valence electrons. The molecule has 1 aliphatic heterocycles. The first-order valence-electron chi connectivity index (χ1n) is 9.19. The molecule has 1 N–H and O–H groups in total. The number of carbonyl (C=O) groups excluding carboxylic acids is 2. The highest BCUT2D eigenvalue weighted by molar-refractivity contribution is 5.93. The molecule has 1 aliphatic carbocycles. The Labute approximate surface area is 156 Å². The number of nitrogens with zero attached hydrogens (tertiary/aromatic N) is 4. The molecule has 1 aromatic carbocycles. The monoisotopic (exact) mass is 371 g/mol. The van der Waals surface area contributed by atoms with Crippen LogP contribution in [0.2, 0.25) is 0 Å². The van der Waals surface area contributed by atoms with Gasteiger partial charge in [-0.25, -0.2) is 9.37 Å². The number of amides is 2. The smallest absolute Gasteiger partial charge is 0.272 e. The first kappa shape index (κ1) is 17.7. The first-order valence-corrected chi connectivity index (χ1v) is 9.19. The van der Waals surface area contributed by atoms with Crippen molar-refractivity contribution < 1.29 is 14.0 Å². The Morgan fingerprint density at radius 3 is 2.48 bits per heavy atom. The SMILES string of the molecule is O=C(CN1CCN(C(=O)c2cncn2-c2ccc(F)cc2)CC1)NC1CC1. The second kappa shape index (κ2) is 7.48. The van der Waals surface area contributed by atoms with E-state index in [1.165, 1.54) is 18.3 Å². The van der Waals surface area contributed by atoms with Gasteiger partial charge in [0.25, 0.3) is 5.91 Å². The third-order valence-electron chi connectivity index (χ3n) is 4.93. The van der Waals surface area contributed by atoms with Crippen molar-refractivity contribution in [3.8, 4) is 5.69 Å². The van der Waals surface area contributed by atoms with Crippen molar-refractivity contribution in [3.05, 3.63) is 48.3 Å². The van der Waals surface area contributed by atoms with Crippen molar-refractivity contribution in [2.75, 3.05) is 32.7 Å². The fourth-order valence-corrected chi connectivity index (χ4v) is 3.24. The zero-order valence-corrected chi connectivity index (χ0v) is 15.0. The number of aromatic nitrogens is 2. The van der Waals surface area contributed by atoms with Crippen LogP contribution in [0.5, 0.6) is 0 Å². The lowest BCUT2D eigenvalue weighted by Crippen LogP contribution is -2.51. The number of carbonyl (C=O) groups is 2. The molecule has 2 fully saturated rings. The summed E-state index contributed by atoms with van der Waals surface area (Å²) in [6.07, 6.45) is 5.24. The Hall–Kier alpha value is -2.74. The van der Waals surface area contributed by atoms with Crippen LogP contribution in [0.3, 0.4) is 0 Å². The van der Waals surface area contributed by atoms with Gasteiger partial charge in [0.1, 0.15) is 11.5 Å². The van der Waals surface area contributed by atoms with E-state index in [1.807, 2.05) is 0 Å². The Balaban J connectivity index is 1.36. The summed E-state index contributed by atoms with van der Waals surface area (Å²) in [7, 11) is 0. The summed E-state index contributed by atoms with van der Waals surface area (Å²) in [5.41, 5.74) is 1.13. The molecule has 27 heavy (non-hydrogen) atoms. The normalized spacial score (nSPS) is 17.7. The number of hydrogen-bond donors (Lipinski definition) is 1. The molecule has 0 bridgehead atoms. The van der Waals surface area contributed by atoms with Gasteiger partial charge >= 0.3 is 0 Å².